The van der Waals surface area contributed by atoms with E-state index in [-0.39, 0.29) is 12.5 Å². The summed E-state index contributed by atoms with van der Waals surface area (Å²) < 4.78 is 35.3. The topological polar surface area (TPSA) is 142 Å². The van der Waals surface area contributed by atoms with E-state index in [0.29, 0.717) is 0 Å². The third-order valence-corrected chi connectivity index (χ3v) is 5.14. The lowest BCUT2D eigenvalue weighted by molar-refractivity contribution is -0.139. The van der Waals surface area contributed by atoms with Gasteiger partial charge in [-0.3, -0.25) is 9.87 Å². The van der Waals surface area contributed by atoms with Gasteiger partial charge in [0.1, 0.15) is 18.5 Å². The van der Waals surface area contributed by atoms with Crippen LogP contribution >= 0.6 is 0 Å². The van der Waals surface area contributed by atoms with Gasteiger partial charge in [-0.05, 0) is 22.3 Å². The van der Waals surface area contributed by atoms with Gasteiger partial charge in [-0.15, -0.1) is 0 Å². The number of benzene rings is 2. The highest BCUT2D eigenvalue weighted by Gasteiger charge is 2.29. The van der Waals surface area contributed by atoms with Gasteiger partial charge >= 0.3 is 12.1 Å². The number of alkyl carbamates (subject to hydrolysis) is 1. The number of nitrogens with one attached hydrogen (secondary N) is 2. The maximum absolute atomic E-state index is 12.1. The third-order valence-electron chi connectivity index (χ3n) is 4.57. The molecule has 3 rings (SSSR count). The van der Waals surface area contributed by atoms with E-state index in [1.807, 2.05) is 48.5 Å². The molecule has 154 valence electrons. The van der Waals surface area contributed by atoms with Crippen LogP contribution in [-0.2, 0) is 19.6 Å². The first-order chi connectivity index (χ1) is 13.8. The van der Waals surface area contributed by atoms with Gasteiger partial charge in [0.15, 0.2) is 0 Å². The fraction of sp³-hybridized carbons (Fsp3) is 0.263. The molecule has 0 radical (unpaired) electrons. The highest BCUT2D eigenvalue weighted by atomic mass is 32.2. The molecule has 2 aromatic rings. The molecule has 0 fully saturated rings. The minimum atomic E-state index is -4.30. The fourth-order valence-electron chi connectivity index (χ4n) is 3.31. The Bertz CT molecular complexity index is 977. The number of carboxylic acids is 1. The molecule has 1 amide bonds. The molecule has 2 aromatic carbocycles. The summed E-state index contributed by atoms with van der Waals surface area (Å²) in [5, 5.41) is 13.6. The van der Waals surface area contributed by atoms with Crippen LogP contribution in [0.1, 0.15) is 17.0 Å². The largest absolute Gasteiger partial charge is 0.480 e. The van der Waals surface area contributed by atoms with Gasteiger partial charge in [-0.2, -0.15) is 8.42 Å². The number of ether oxygens (including phenoxy) is 1. The first-order valence-corrected chi connectivity index (χ1v) is 10.4. The van der Waals surface area contributed by atoms with Gasteiger partial charge in [0, 0.05) is 12.5 Å². The predicted molar refractivity (Wildman–Crippen MR) is 104 cm³/mol. The van der Waals surface area contributed by atoms with Crippen molar-refractivity contribution in [3.8, 4) is 11.1 Å². The Labute approximate surface area is 167 Å². The molecule has 0 bridgehead atoms. The maximum atomic E-state index is 12.1. The molecule has 0 saturated carbocycles. The molecule has 1 atom stereocenters. The van der Waals surface area contributed by atoms with Crippen molar-refractivity contribution >= 4 is 22.2 Å². The second-order valence-corrected chi connectivity index (χ2v) is 7.99. The molecule has 10 heteroatoms. The molecular weight excluding hydrogens is 400 g/mol. The normalized spacial score (nSPS) is 14.0. The van der Waals surface area contributed by atoms with Gasteiger partial charge in [-0.1, -0.05) is 48.5 Å². The van der Waals surface area contributed by atoms with Crippen LogP contribution in [0.5, 0.6) is 0 Å². The smallest absolute Gasteiger partial charge is 0.407 e. The molecule has 0 spiro atoms. The summed E-state index contributed by atoms with van der Waals surface area (Å²) in [4.78, 5) is 23.4. The summed E-state index contributed by atoms with van der Waals surface area (Å²) in [5.74, 6) is -2.38. The zero-order chi connectivity index (χ0) is 21.0. The molecule has 29 heavy (non-hydrogen) atoms. The molecule has 0 aliphatic heterocycles. The SMILES string of the molecule is O=C(N[C@@H](CNCS(=O)(=O)O)C(=O)O)OCC1c2ccccc2-c2ccccc21. The van der Waals surface area contributed by atoms with Crippen LogP contribution in [0.3, 0.4) is 0 Å². The zero-order valence-corrected chi connectivity index (χ0v) is 16.1. The summed E-state index contributed by atoms with van der Waals surface area (Å²) in [6.45, 7) is -0.385. The Kier molecular flexibility index (Phi) is 6.16. The second-order valence-electron chi connectivity index (χ2n) is 6.54. The summed E-state index contributed by atoms with van der Waals surface area (Å²) in [6.07, 6.45) is -0.937. The lowest BCUT2D eigenvalue weighted by Gasteiger charge is -2.17. The second kappa shape index (κ2) is 8.60. The minimum Gasteiger partial charge on any atom is -0.480 e. The van der Waals surface area contributed by atoms with E-state index in [1.165, 1.54) is 0 Å². The average molecular weight is 420 g/mol. The van der Waals surface area contributed by atoms with E-state index in [0.717, 1.165) is 22.3 Å². The Morgan fingerprint density at radius 1 is 1.03 bits per heavy atom. The lowest BCUT2D eigenvalue weighted by atomic mass is 9.98. The molecule has 0 heterocycles. The quantitative estimate of drug-likeness (QED) is 0.470. The average Bonchev–Trinajstić information content (AvgIpc) is 2.98. The number of aliphatic carboxylic acids is 1. The Morgan fingerprint density at radius 3 is 2.10 bits per heavy atom. The van der Waals surface area contributed by atoms with Crippen molar-refractivity contribution in [1.82, 2.24) is 10.6 Å². The van der Waals surface area contributed by atoms with Crippen LogP contribution in [0, 0.1) is 0 Å². The molecule has 1 aliphatic carbocycles. The van der Waals surface area contributed by atoms with Gasteiger partial charge in [-0.25, -0.2) is 9.59 Å². The fourth-order valence-corrected chi connectivity index (χ4v) is 3.69. The van der Waals surface area contributed by atoms with Crippen LogP contribution in [0.25, 0.3) is 11.1 Å². The summed E-state index contributed by atoms with van der Waals surface area (Å²) in [5.41, 5.74) is 4.17. The number of carbonyl (C=O) groups is 2. The van der Waals surface area contributed by atoms with Crippen LogP contribution in [0.15, 0.2) is 48.5 Å². The first-order valence-electron chi connectivity index (χ1n) is 8.76. The lowest BCUT2D eigenvalue weighted by Crippen LogP contribution is -2.48. The van der Waals surface area contributed by atoms with Gasteiger partial charge in [0.05, 0.1) is 0 Å². The van der Waals surface area contributed by atoms with E-state index in [1.54, 1.807) is 0 Å². The summed E-state index contributed by atoms with van der Waals surface area (Å²) in [6, 6.07) is 14.2. The van der Waals surface area contributed by atoms with E-state index in [2.05, 4.69) is 10.6 Å². The molecular formula is C19H20N2O7S. The number of hydrogen-bond donors (Lipinski definition) is 4. The molecule has 0 unspecified atom stereocenters. The highest BCUT2D eigenvalue weighted by Crippen LogP contribution is 2.44. The third kappa shape index (κ3) is 5.11. The molecule has 0 aromatic heterocycles. The van der Waals surface area contributed by atoms with E-state index in [4.69, 9.17) is 14.4 Å². The van der Waals surface area contributed by atoms with Gasteiger partial charge in [0.25, 0.3) is 10.1 Å². The van der Waals surface area contributed by atoms with E-state index >= 15 is 0 Å². The van der Waals surface area contributed by atoms with Crippen LogP contribution in [-0.4, -0.2) is 55.2 Å². The summed E-state index contributed by atoms with van der Waals surface area (Å²) >= 11 is 0. The molecule has 0 saturated heterocycles. The van der Waals surface area contributed by atoms with Crippen molar-refractivity contribution in [2.45, 2.75) is 12.0 Å². The van der Waals surface area contributed by atoms with Crippen molar-refractivity contribution in [2.75, 3.05) is 19.0 Å². The Balaban J connectivity index is 1.62. The number of amides is 1. The van der Waals surface area contributed by atoms with Crippen LogP contribution < -0.4 is 10.6 Å². The number of carboxylic acid groups (broad SMARTS) is 1. The monoisotopic (exact) mass is 420 g/mol. The number of rotatable bonds is 8. The van der Waals surface area contributed by atoms with Crippen molar-refractivity contribution in [2.24, 2.45) is 0 Å². The van der Waals surface area contributed by atoms with Crippen molar-refractivity contribution in [1.29, 1.82) is 0 Å². The van der Waals surface area contributed by atoms with Crippen molar-refractivity contribution < 1.29 is 32.4 Å². The maximum Gasteiger partial charge on any atom is 0.407 e. The molecule has 1 aliphatic rings. The predicted octanol–water partition coefficient (Wildman–Crippen LogP) is 1.41. The van der Waals surface area contributed by atoms with E-state index < -0.39 is 40.6 Å². The zero-order valence-electron chi connectivity index (χ0n) is 15.2. The summed E-state index contributed by atoms with van der Waals surface area (Å²) in [7, 11) is -4.30. The standard InChI is InChI=1S/C19H20N2O7S/c22-18(23)17(9-20-11-29(25,26)27)21-19(24)28-10-16-14-7-3-1-5-12(14)13-6-2-4-8-15(13)16/h1-8,16-17,20H,9-11H2,(H,21,24)(H,22,23)(H,25,26,27)/t17-/m0/s1. The number of carbonyl (C=O) groups excluding carboxylic acids is 1. The van der Waals surface area contributed by atoms with Crippen molar-refractivity contribution in [3.63, 3.8) is 0 Å². The first kappa shape index (κ1) is 20.8. The van der Waals surface area contributed by atoms with Crippen LogP contribution in [0.2, 0.25) is 0 Å². The highest BCUT2D eigenvalue weighted by molar-refractivity contribution is 7.85. The Hall–Kier alpha value is -2.95. The Morgan fingerprint density at radius 2 is 1.59 bits per heavy atom. The van der Waals surface area contributed by atoms with Gasteiger partial charge < -0.3 is 15.2 Å². The van der Waals surface area contributed by atoms with E-state index in [9.17, 15) is 18.0 Å². The van der Waals surface area contributed by atoms with Gasteiger partial charge in [0.2, 0.25) is 0 Å². The van der Waals surface area contributed by atoms with Crippen LogP contribution in [0.4, 0.5) is 4.79 Å². The number of fused-ring (bicyclic) bond motifs is 3. The number of hydrogen-bond acceptors (Lipinski definition) is 6. The molecule has 4 N–H and O–H groups in total. The molecule has 9 nitrogen and oxygen atoms in total. The minimum absolute atomic E-state index is 0.0185. The van der Waals surface area contributed by atoms with Crippen molar-refractivity contribution in [3.05, 3.63) is 59.7 Å².